The van der Waals surface area contributed by atoms with E-state index >= 15 is 0 Å². The van der Waals surface area contributed by atoms with E-state index in [1.54, 1.807) is 26.8 Å². The lowest BCUT2D eigenvalue weighted by atomic mass is 10.0. The van der Waals surface area contributed by atoms with Gasteiger partial charge in [-0.2, -0.15) is 0 Å². The molecule has 4 N–H and O–H groups in total. The number of carbonyl (C=O) groups is 1. The summed E-state index contributed by atoms with van der Waals surface area (Å²) >= 11 is 0. The number of β-amino-alcohol motifs (C(OH)–C–C–N with tert-alkyl or cyclic N) is 1. The van der Waals surface area contributed by atoms with Crippen LogP contribution in [0.4, 0.5) is 10.6 Å². The van der Waals surface area contributed by atoms with Crippen molar-refractivity contribution in [2.45, 2.75) is 44.9 Å². The number of aromatic amines is 1. The summed E-state index contributed by atoms with van der Waals surface area (Å²) in [7, 11) is 0. The van der Waals surface area contributed by atoms with E-state index in [1.165, 1.54) is 15.7 Å². The number of hydrogen-bond donors (Lipinski definition) is 3. The molecule has 2 aromatic heterocycles. The van der Waals surface area contributed by atoms with Crippen molar-refractivity contribution in [3.8, 4) is 0 Å². The number of hydrogen-bond acceptors (Lipinski definition) is 6. The van der Waals surface area contributed by atoms with Crippen LogP contribution in [0.2, 0.25) is 0 Å². The number of carbonyl (C=O) groups excluding carboxylic acids is 1. The van der Waals surface area contributed by atoms with E-state index < -0.39 is 17.8 Å². The van der Waals surface area contributed by atoms with Crippen LogP contribution in [0.5, 0.6) is 0 Å². The van der Waals surface area contributed by atoms with Gasteiger partial charge in [0.25, 0.3) is 0 Å². The molecule has 0 spiro atoms. The number of nitrogens with zero attached hydrogens (tertiary/aromatic N) is 3. The zero-order valence-corrected chi connectivity index (χ0v) is 14.5. The van der Waals surface area contributed by atoms with Crippen LogP contribution >= 0.6 is 0 Å². The van der Waals surface area contributed by atoms with Gasteiger partial charge in [0.15, 0.2) is 0 Å². The fourth-order valence-electron chi connectivity index (χ4n) is 3.14. The molecule has 2 atom stereocenters. The van der Waals surface area contributed by atoms with Crippen LogP contribution in [-0.2, 0) is 4.74 Å². The number of pyridine rings is 1. The number of rotatable bonds is 1. The average Bonchev–Trinajstić information content (AvgIpc) is 2.82. The van der Waals surface area contributed by atoms with Gasteiger partial charge in [0.1, 0.15) is 16.9 Å². The van der Waals surface area contributed by atoms with Crippen molar-refractivity contribution in [3.63, 3.8) is 0 Å². The van der Waals surface area contributed by atoms with Gasteiger partial charge in [-0.05, 0) is 33.3 Å². The van der Waals surface area contributed by atoms with Crippen LogP contribution in [0.1, 0.15) is 33.2 Å². The molecule has 1 amide bonds. The Bertz CT molecular complexity index is 850. The first-order valence-corrected chi connectivity index (χ1v) is 8.16. The lowest BCUT2D eigenvalue weighted by Gasteiger charge is -2.36. The monoisotopic (exact) mass is 349 g/mol. The van der Waals surface area contributed by atoms with Gasteiger partial charge in [-0.3, -0.25) is 4.57 Å². The molecule has 0 radical (unpaired) electrons. The number of fused-ring (bicyclic) bond motifs is 1. The number of piperidine rings is 1. The minimum Gasteiger partial charge on any atom is -0.444 e. The van der Waals surface area contributed by atoms with Crippen molar-refractivity contribution >= 4 is 22.9 Å². The number of ether oxygens (including phenoxy) is 1. The highest BCUT2D eigenvalue weighted by molar-refractivity contribution is 5.84. The van der Waals surface area contributed by atoms with Crippen molar-refractivity contribution in [2.75, 3.05) is 18.8 Å². The van der Waals surface area contributed by atoms with E-state index in [1.807, 2.05) is 0 Å². The topological polar surface area (TPSA) is 126 Å². The minimum atomic E-state index is -0.748. The fourth-order valence-corrected chi connectivity index (χ4v) is 3.14. The lowest BCUT2D eigenvalue weighted by molar-refractivity contribution is -0.00564. The molecule has 3 heterocycles. The third-order valence-corrected chi connectivity index (χ3v) is 4.09. The Labute approximate surface area is 144 Å². The van der Waals surface area contributed by atoms with Gasteiger partial charge in [-0.25, -0.2) is 14.6 Å². The fraction of sp³-hybridized carbons (Fsp3) is 0.562. The summed E-state index contributed by atoms with van der Waals surface area (Å²) in [5.41, 5.74) is 5.88. The molecule has 0 bridgehead atoms. The average molecular weight is 349 g/mol. The first-order valence-electron chi connectivity index (χ1n) is 8.16. The Morgan fingerprint density at radius 2 is 2.16 bits per heavy atom. The van der Waals surface area contributed by atoms with E-state index in [0.29, 0.717) is 17.5 Å². The molecule has 3 rings (SSSR count). The molecule has 1 aliphatic heterocycles. The number of H-pyrrole nitrogens is 1. The molecule has 2 aromatic rings. The summed E-state index contributed by atoms with van der Waals surface area (Å²) < 4.78 is 6.90. The zero-order valence-electron chi connectivity index (χ0n) is 14.5. The maximum Gasteiger partial charge on any atom is 0.410 e. The first kappa shape index (κ1) is 17.3. The summed E-state index contributed by atoms with van der Waals surface area (Å²) in [5, 5.41) is 10.2. The van der Waals surface area contributed by atoms with E-state index in [2.05, 4.69) is 9.97 Å². The van der Waals surface area contributed by atoms with Crippen LogP contribution < -0.4 is 11.4 Å². The highest BCUT2D eigenvalue weighted by atomic mass is 16.6. The number of aliphatic hydroxyl groups is 1. The molecule has 136 valence electrons. The van der Waals surface area contributed by atoms with Crippen LogP contribution in [0.25, 0.3) is 11.0 Å². The van der Waals surface area contributed by atoms with Gasteiger partial charge in [0.05, 0.1) is 24.2 Å². The number of amides is 1. The Morgan fingerprint density at radius 3 is 2.84 bits per heavy atom. The van der Waals surface area contributed by atoms with Crippen molar-refractivity contribution in [2.24, 2.45) is 0 Å². The van der Waals surface area contributed by atoms with Gasteiger partial charge < -0.3 is 25.5 Å². The van der Waals surface area contributed by atoms with Crippen LogP contribution in [-0.4, -0.2) is 55.4 Å². The molecule has 0 unspecified atom stereocenters. The lowest BCUT2D eigenvalue weighted by Crippen LogP contribution is -2.49. The molecule has 1 fully saturated rings. The van der Waals surface area contributed by atoms with E-state index in [0.717, 1.165) is 0 Å². The predicted molar refractivity (Wildman–Crippen MR) is 92.2 cm³/mol. The van der Waals surface area contributed by atoms with Crippen LogP contribution in [0.3, 0.4) is 0 Å². The molecule has 0 aliphatic carbocycles. The smallest absolute Gasteiger partial charge is 0.410 e. The number of nitrogen functional groups attached to an aromatic ring is 1. The number of anilines is 1. The van der Waals surface area contributed by atoms with Gasteiger partial charge >= 0.3 is 11.8 Å². The maximum atomic E-state index is 12.4. The highest BCUT2D eigenvalue weighted by Gasteiger charge is 2.34. The summed E-state index contributed by atoms with van der Waals surface area (Å²) in [6.07, 6.45) is 0.619. The number of imidazole rings is 1. The third-order valence-electron chi connectivity index (χ3n) is 4.09. The number of nitrogens with two attached hydrogens (primary N) is 1. The SMILES string of the molecule is CC(C)(C)OC(=O)N1C[C@@H](O)C[C@@H](n2c(=O)[nH]c3c(N)nccc32)C1. The molecule has 9 nitrogen and oxygen atoms in total. The van der Waals surface area contributed by atoms with Crippen molar-refractivity contribution in [1.82, 2.24) is 19.4 Å². The largest absolute Gasteiger partial charge is 0.444 e. The highest BCUT2D eigenvalue weighted by Crippen LogP contribution is 2.26. The standard InChI is InChI=1S/C16H23N5O4/c1-16(2,3)25-15(24)20-7-9(6-10(22)8-20)21-11-4-5-18-13(17)12(11)19-14(21)23/h4-5,9-10,22H,6-8H2,1-3H3,(H2,17,18)(H,19,23)/t9-,10+/m1/s1. The first-order chi connectivity index (χ1) is 11.7. The summed E-state index contributed by atoms with van der Waals surface area (Å²) in [5.74, 6) is 0.230. The molecule has 1 saturated heterocycles. The summed E-state index contributed by atoms with van der Waals surface area (Å²) in [6.45, 7) is 5.78. The number of likely N-dealkylation sites (tertiary alicyclic amines) is 1. The second kappa shape index (κ2) is 6.07. The van der Waals surface area contributed by atoms with Crippen LogP contribution in [0.15, 0.2) is 17.1 Å². The Balaban J connectivity index is 1.93. The van der Waals surface area contributed by atoms with Crippen molar-refractivity contribution < 1.29 is 14.6 Å². The second-order valence-electron chi connectivity index (χ2n) is 7.32. The molecule has 1 aliphatic rings. The summed E-state index contributed by atoms with van der Waals surface area (Å²) in [4.78, 5) is 32.8. The number of nitrogens with one attached hydrogen (secondary N) is 1. The molecule has 25 heavy (non-hydrogen) atoms. The Hall–Kier alpha value is -2.55. The normalized spacial score (nSPS) is 21.5. The predicted octanol–water partition coefficient (Wildman–Crippen LogP) is 0.850. The Kier molecular flexibility index (Phi) is 4.19. The van der Waals surface area contributed by atoms with E-state index in [4.69, 9.17) is 10.5 Å². The van der Waals surface area contributed by atoms with Gasteiger partial charge in [-0.1, -0.05) is 0 Å². The number of aromatic nitrogens is 3. The van der Waals surface area contributed by atoms with E-state index in [-0.39, 0.29) is 30.6 Å². The molecular weight excluding hydrogens is 326 g/mol. The summed E-state index contributed by atoms with van der Waals surface area (Å²) in [6, 6.07) is 1.29. The quantitative estimate of drug-likeness (QED) is 0.700. The second-order valence-corrected chi connectivity index (χ2v) is 7.32. The van der Waals surface area contributed by atoms with Crippen molar-refractivity contribution in [3.05, 3.63) is 22.7 Å². The van der Waals surface area contributed by atoms with E-state index in [9.17, 15) is 14.7 Å². The molecular formula is C16H23N5O4. The third kappa shape index (κ3) is 3.46. The zero-order chi connectivity index (χ0) is 18.4. The van der Waals surface area contributed by atoms with Gasteiger partial charge in [0, 0.05) is 12.7 Å². The van der Waals surface area contributed by atoms with Crippen LogP contribution in [0, 0.1) is 0 Å². The maximum absolute atomic E-state index is 12.4. The van der Waals surface area contributed by atoms with Crippen molar-refractivity contribution in [1.29, 1.82) is 0 Å². The molecule has 0 saturated carbocycles. The van der Waals surface area contributed by atoms with Gasteiger partial charge in [0.2, 0.25) is 0 Å². The minimum absolute atomic E-state index is 0.173. The Morgan fingerprint density at radius 1 is 1.44 bits per heavy atom. The molecule has 0 aromatic carbocycles. The van der Waals surface area contributed by atoms with Gasteiger partial charge in [-0.15, -0.1) is 0 Å². The molecule has 9 heteroatoms. The number of aliphatic hydroxyl groups excluding tert-OH is 1.